The number of esters is 1. The lowest BCUT2D eigenvalue weighted by atomic mass is 10.1. The van der Waals surface area contributed by atoms with Gasteiger partial charge in [0, 0.05) is 16.6 Å². The fraction of sp³-hybridized carbons (Fsp3) is 0.174. The minimum atomic E-state index is -0.310. The van der Waals surface area contributed by atoms with Crippen molar-refractivity contribution >= 4 is 39.0 Å². The van der Waals surface area contributed by atoms with Crippen LogP contribution in [0.2, 0.25) is 0 Å². The highest BCUT2D eigenvalue weighted by Gasteiger charge is 2.14. The second kappa shape index (κ2) is 8.84. The Kier molecular flexibility index (Phi) is 5.81. The highest BCUT2D eigenvalue weighted by atomic mass is 32.1. The molecule has 29 heavy (non-hydrogen) atoms. The second-order valence-corrected chi connectivity index (χ2v) is 7.47. The van der Waals surface area contributed by atoms with Crippen LogP contribution in [0.15, 0.2) is 66.3 Å². The summed E-state index contributed by atoms with van der Waals surface area (Å²) in [5.74, 6) is 0.405. The number of hydrogen-bond acceptors (Lipinski definition) is 6. The van der Waals surface area contributed by atoms with E-state index in [1.54, 1.807) is 29.8 Å². The summed E-state index contributed by atoms with van der Waals surface area (Å²) < 4.78 is 5.32. The molecule has 0 radical (unpaired) electrons. The van der Waals surface area contributed by atoms with Crippen LogP contribution in [0.5, 0.6) is 0 Å². The predicted octanol–water partition coefficient (Wildman–Crippen LogP) is 6.06. The van der Waals surface area contributed by atoms with E-state index in [1.807, 2.05) is 30.3 Å². The molecule has 0 amide bonds. The average molecular weight is 404 g/mol. The van der Waals surface area contributed by atoms with Gasteiger partial charge in [-0.2, -0.15) is 0 Å². The summed E-state index contributed by atoms with van der Waals surface area (Å²) in [6.45, 7) is 2.50. The molecule has 0 aliphatic rings. The van der Waals surface area contributed by atoms with Gasteiger partial charge >= 0.3 is 5.97 Å². The molecule has 0 spiro atoms. The van der Waals surface area contributed by atoms with E-state index in [4.69, 9.17) is 4.74 Å². The van der Waals surface area contributed by atoms with Crippen LogP contribution in [0.4, 0.5) is 11.5 Å². The van der Waals surface area contributed by atoms with Gasteiger partial charge in [0.25, 0.3) is 0 Å². The molecule has 0 bridgehead atoms. The van der Waals surface area contributed by atoms with Gasteiger partial charge in [0.1, 0.15) is 17.0 Å². The lowest BCUT2D eigenvalue weighted by Gasteiger charge is -2.10. The average Bonchev–Trinajstić information content (AvgIpc) is 3.20. The molecule has 4 rings (SSSR count). The number of anilines is 2. The van der Waals surface area contributed by atoms with Crippen molar-refractivity contribution in [3.8, 4) is 11.1 Å². The van der Waals surface area contributed by atoms with Crippen LogP contribution < -0.4 is 5.32 Å². The minimum Gasteiger partial charge on any atom is -0.462 e. The van der Waals surface area contributed by atoms with Crippen molar-refractivity contribution in [2.75, 3.05) is 11.9 Å². The van der Waals surface area contributed by atoms with E-state index >= 15 is 0 Å². The van der Waals surface area contributed by atoms with Gasteiger partial charge in [0.15, 0.2) is 0 Å². The van der Waals surface area contributed by atoms with E-state index in [0.29, 0.717) is 18.0 Å². The molecule has 5 nitrogen and oxygen atoms in total. The van der Waals surface area contributed by atoms with Gasteiger partial charge in [0.05, 0.1) is 17.6 Å². The van der Waals surface area contributed by atoms with E-state index < -0.39 is 0 Å². The van der Waals surface area contributed by atoms with Gasteiger partial charge in [-0.15, -0.1) is 11.3 Å². The lowest BCUT2D eigenvalue weighted by molar-refractivity contribution is 0.0500. The summed E-state index contributed by atoms with van der Waals surface area (Å²) in [6.07, 6.45) is 3.41. The van der Waals surface area contributed by atoms with Crippen molar-refractivity contribution in [3.05, 3.63) is 71.9 Å². The Labute approximate surface area is 173 Å². The van der Waals surface area contributed by atoms with Crippen LogP contribution in [-0.4, -0.2) is 22.5 Å². The van der Waals surface area contributed by atoms with Crippen molar-refractivity contribution in [3.63, 3.8) is 0 Å². The maximum Gasteiger partial charge on any atom is 0.338 e. The van der Waals surface area contributed by atoms with Crippen LogP contribution in [-0.2, 0) is 4.74 Å². The molecule has 0 unspecified atom stereocenters. The number of ether oxygens (including phenoxy) is 1. The molecule has 1 N–H and O–H groups in total. The zero-order valence-electron chi connectivity index (χ0n) is 16.1. The first-order valence-corrected chi connectivity index (χ1v) is 10.5. The molecule has 0 fully saturated rings. The Bertz CT molecular complexity index is 1130. The third kappa shape index (κ3) is 4.27. The van der Waals surface area contributed by atoms with Gasteiger partial charge in [0.2, 0.25) is 0 Å². The predicted molar refractivity (Wildman–Crippen MR) is 118 cm³/mol. The number of carbonyl (C=O) groups excluding carboxylic acids is 1. The Morgan fingerprint density at radius 1 is 1.10 bits per heavy atom. The van der Waals surface area contributed by atoms with E-state index in [-0.39, 0.29) is 5.97 Å². The number of benzene rings is 2. The summed E-state index contributed by atoms with van der Waals surface area (Å²) in [5, 5.41) is 6.42. The molecule has 4 aromatic rings. The monoisotopic (exact) mass is 403 g/mol. The minimum absolute atomic E-state index is 0.310. The molecule has 0 aliphatic heterocycles. The highest BCUT2D eigenvalue weighted by molar-refractivity contribution is 7.17. The van der Waals surface area contributed by atoms with Crippen molar-refractivity contribution < 1.29 is 9.53 Å². The third-order valence-electron chi connectivity index (χ3n) is 4.55. The number of fused-ring (bicyclic) bond motifs is 1. The van der Waals surface area contributed by atoms with Gasteiger partial charge in [-0.05, 0) is 30.2 Å². The maximum absolute atomic E-state index is 12.3. The summed E-state index contributed by atoms with van der Waals surface area (Å²) in [4.78, 5) is 22.0. The number of nitrogens with one attached hydrogen (secondary N) is 1. The lowest BCUT2D eigenvalue weighted by Crippen LogP contribution is -2.06. The summed E-state index contributed by atoms with van der Waals surface area (Å²) >= 11 is 1.59. The Balaban J connectivity index is 1.64. The smallest absolute Gasteiger partial charge is 0.338 e. The normalized spacial score (nSPS) is 10.8. The summed E-state index contributed by atoms with van der Waals surface area (Å²) in [7, 11) is 0. The SMILES string of the molecule is CCCCOC(=O)c1cccc(Nc2ncnc3scc(-c4ccccc4)c23)c1. The van der Waals surface area contributed by atoms with E-state index in [1.165, 1.54) is 0 Å². The molecule has 0 atom stereocenters. The van der Waals surface area contributed by atoms with Crippen LogP contribution in [0.25, 0.3) is 21.3 Å². The van der Waals surface area contributed by atoms with Crippen LogP contribution in [0.3, 0.4) is 0 Å². The summed E-state index contributed by atoms with van der Waals surface area (Å²) in [5.41, 5.74) is 3.50. The van der Waals surface area contributed by atoms with Gasteiger partial charge in [-0.1, -0.05) is 49.7 Å². The molecular weight excluding hydrogens is 382 g/mol. The fourth-order valence-corrected chi connectivity index (χ4v) is 3.97. The van der Waals surface area contributed by atoms with Crippen molar-refractivity contribution in [1.82, 2.24) is 9.97 Å². The standard InChI is InChI=1S/C23H21N3O2S/c1-2-3-12-28-23(27)17-10-7-11-18(13-17)26-21-20-19(16-8-5-4-6-9-16)14-29-22(20)25-15-24-21/h4-11,13-15H,2-3,12H2,1H3,(H,24,25,26). The zero-order chi connectivity index (χ0) is 20.1. The number of aromatic nitrogens is 2. The van der Waals surface area contributed by atoms with E-state index in [2.05, 4.69) is 39.7 Å². The largest absolute Gasteiger partial charge is 0.462 e. The quantitative estimate of drug-likeness (QED) is 0.300. The van der Waals surface area contributed by atoms with Gasteiger partial charge in [-0.3, -0.25) is 0 Å². The van der Waals surface area contributed by atoms with Crippen LogP contribution in [0, 0.1) is 0 Å². The molecule has 0 saturated heterocycles. The van der Waals surface area contributed by atoms with E-state index in [9.17, 15) is 4.79 Å². The summed E-state index contributed by atoms with van der Waals surface area (Å²) in [6, 6.07) is 17.5. The molecule has 2 aromatic carbocycles. The highest BCUT2D eigenvalue weighted by Crippen LogP contribution is 2.37. The first kappa shape index (κ1) is 19.1. The zero-order valence-corrected chi connectivity index (χ0v) is 16.9. The van der Waals surface area contributed by atoms with Gasteiger partial charge in [-0.25, -0.2) is 14.8 Å². The number of unbranched alkanes of at least 4 members (excludes halogenated alkanes) is 1. The van der Waals surface area contributed by atoms with Crippen LogP contribution in [0.1, 0.15) is 30.1 Å². The molecule has 6 heteroatoms. The van der Waals surface area contributed by atoms with Crippen molar-refractivity contribution in [2.45, 2.75) is 19.8 Å². The van der Waals surface area contributed by atoms with E-state index in [0.717, 1.165) is 39.9 Å². The Hall–Kier alpha value is -3.25. The maximum atomic E-state index is 12.3. The van der Waals surface area contributed by atoms with Gasteiger partial charge < -0.3 is 10.1 Å². The third-order valence-corrected chi connectivity index (χ3v) is 5.43. The second-order valence-electron chi connectivity index (χ2n) is 6.61. The molecule has 2 heterocycles. The number of thiophene rings is 1. The van der Waals surface area contributed by atoms with Crippen molar-refractivity contribution in [1.29, 1.82) is 0 Å². The Morgan fingerprint density at radius 2 is 1.97 bits per heavy atom. The van der Waals surface area contributed by atoms with Crippen LogP contribution >= 0.6 is 11.3 Å². The number of carbonyl (C=O) groups is 1. The number of rotatable bonds is 7. The fourth-order valence-electron chi connectivity index (χ4n) is 3.05. The topological polar surface area (TPSA) is 64.1 Å². The molecule has 0 saturated carbocycles. The molecular formula is C23H21N3O2S. The van der Waals surface area contributed by atoms with Crippen molar-refractivity contribution in [2.24, 2.45) is 0 Å². The molecule has 146 valence electrons. The molecule has 0 aliphatic carbocycles. The number of hydrogen-bond donors (Lipinski definition) is 1. The Morgan fingerprint density at radius 3 is 2.79 bits per heavy atom. The molecule has 2 aromatic heterocycles. The number of nitrogens with zero attached hydrogens (tertiary/aromatic N) is 2. The first-order valence-electron chi connectivity index (χ1n) is 9.58. The first-order chi connectivity index (χ1) is 14.3.